The third kappa shape index (κ3) is 3.85. The first-order valence-corrected chi connectivity index (χ1v) is 11.8. The number of aromatic nitrogens is 2. The Morgan fingerprint density at radius 2 is 1.81 bits per heavy atom. The molecule has 3 aliphatic rings. The molecule has 0 spiro atoms. The fourth-order valence-electron chi connectivity index (χ4n) is 6.14. The summed E-state index contributed by atoms with van der Waals surface area (Å²) in [6.07, 6.45) is 12.2. The third-order valence-corrected chi connectivity index (χ3v) is 7.72. The van der Waals surface area contributed by atoms with Gasteiger partial charge in [-0.05, 0) is 56.2 Å². The molecule has 3 atom stereocenters. The van der Waals surface area contributed by atoms with E-state index in [-0.39, 0.29) is 11.8 Å². The molecule has 5 rings (SSSR count). The molecule has 0 amide bonds. The van der Waals surface area contributed by atoms with Crippen LogP contribution in [0.25, 0.3) is 0 Å². The minimum absolute atomic E-state index is 0.216. The summed E-state index contributed by atoms with van der Waals surface area (Å²) in [5.74, 6) is 2.95. The van der Waals surface area contributed by atoms with Crippen molar-refractivity contribution in [1.82, 2.24) is 14.5 Å². The summed E-state index contributed by atoms with van der Waals surface area (Å²) in [6, 6.07) is 6.36. The summed E-state index contributed by atoms with van der Waals surface area (Å²) >= 11 is 0. The van der Waals surface area contributed by atoms with Crippen molar-refractivity contribution in [3.05, 3.63) is 42.0 Å². The summed E-state index contributed by atoms with van der Waals surface area (Å²) in [7, 11) is 3.71. The lowest BCUT2D eigenvalue weighted by molar-refractivity contribution is -0.155. The summed E-state index contributed by atoms with van der Waals surface area (Å²) < 4.78 is 13.9. The highest BCUT2D eigenvalue weighted by Crippen LogP contribution is 2.48. The number of fused-ring (bicyclic) bond motifs is 2. The molecule has 168 valence electrons. The first-order chi connectivity index (χ1) is 15.1. The van der Waals surface area contributed by atoms with Gasteiger partial charge >= 0.3 is 0 Å². The van der Waals surface area contributed by atoms with Crippen LogP contribution in [0.5, 0.6) is 11.5 Å². The fraction of sp³-hybridized carbons (Fsp3) is 0.640. The van der Waals surface area contributed by atoms with Crippen LogP contribution in [0.15, 0.2) is 30.6 Å². The number of likely N-dealkylation sites (tertiary alicyclic amines) is 1. The van der Waals surface area contributed by atoms with E-state index in [1.54, 1.807) is 13.3 Å². The molecule has 6 heteroatoms. The van der Waals surface area contributed by atoms with Crippen molar-refractivity contribution < 1.29 is 14.6 Å². The van der Waals surface area contributed by atoms with Crippen molar-refractivity contribution in [2.75, 3.05) is 20.2 Å². The second-order valence-electron chi connectivity index (χ2n) is 9.72. The van der Waals surface area contributed by atoms with Gasteiger partial charge < -0.3 is 19.1 Å². The van der Waals surface area contributed by atoms with Crippen molar-refractivity contribution >= 4 is 0 Å². The second-order valence-corrected chi connectivity index (χ2v) is 9.72. The summed E-state index contributed by atoms with van der Waals surface area (Å²) in [4.78, 5) is 7.04. The number of hydrogen-bond donors (Lipinski definition) is 1. The molecule has 2 saturated carbocycles. The van der Waals surface area contributed by atoms with E-state index < -0.39 is 5.60 Å². The molecule has 2 heterocycles. The van der Waals surface area contributed by atoms with E-state index in [4.69, 9.17) is 9.47 Å². The molecule has 1 unspecified atom stereocenters. The summed E-state index contributed by atoms with van der Waals surface area (Å²) in [5, 5.41) is 11.8. The van der Waals surface area contributed by atoms with Crippen molar-refractivity contribution in [3.8, 4) is 11.5 Å². The molecule has 2 aliphatic carbocycles. The third-order valence-electron chi connectivity index (χ3n) is 7.72. The Hall–Kier alpha value is -2.05. The molecular weight excluding hydrogens is 390 g/mol. The van der Waals surface area contributed by atoms with E-state index in [1.165, 1.54) is 24.8 Å². The highest BCUT2D eigenvalue weighted by atomic mass is 16.5. The quantitative estimate of drug-likeness (QED) is 0.761. The maximum atomic E-state index is 11.8. The first-order valence-electron chi connectivity index (χ1n) is 11.8. The Morgan fingerprint density at radius 3 is 2.45 bits per heavy atom. The first kappa shape index (κ1) is 20.8. The van der Waals surface area contributed by atoms with Crippen molar-refractivity contribution in [2.24, 2.45) is 18.9 Å². The minimum Gasteiger partial charge on any atom is -0.493 e. The number of rotatable bonds is 6. The Balaban J connectivity index is 1.31. The topological polar surface area (TPSA) is 59.8 Å². The largest absolute Gasteiger partial charge is 0.493 e. The van der Waals surface area contributed by atoms with Gasteiger partial charge in [-0.1, -0.05) is 12.5 Å². The number of methoxy groups -OCH3 is 1. The van der Waals surface area contributed by atoms with Gasteiger partial charge in [0.05, 0.1) is 13.2 Å². The lowest BCUT2D eigenvalue weighted by Gasteiger charge is -2.52. The van der Waals surface area contributed by atoms with Crippen molar-refractivity contribution in [2.45, 2.75) is 63.2 Å². The zero-order valence-electron chi connectivity index (χ0n) is 18.8. The Morgan fingerprint density at radius 1 is 1.06 bits per heavy atom. The fourth-order valence-corrected chi connectivity index (χ4v) is 6.14. The monoisotopic (exact) mass is 425 g/mol. The maximum Gasteiger partial charge on any atom is 0.161 e. The van der Waals surface area contributed by atoms with Crippen LogP contribution in [0.4, 0.5) is 0 Å². The van der Waals surface area contributed by atoms with E-state index in [0.29, 0.717) is 6.10 Å². The van der Waals surface area contributed by atoms with Gasteiger partial charge in [-0.15, -0.1) is 0 Å². The number of aliphatic hydroxyl groups is 1. The number of piperidine rings is 1. The molecule has 1 N–H and O–H groups in total. The van der Waals surface area contributed by atoms with Crippen LogP contribution in [0.1, 0.15) is 56.3 Å². The Bertz CT molecular complexity index is 891. The van der Waals surface area contributed by atoms with Crippen LogP contribution in [0, 0.1) is 11.8 Å². The molecule has 2 bridgehead atoms. The molecule has 0 radical (unpaired) electrons. The number of nitrogens with zero attached hydrogens (tertiary/aromatic N) is 3. The molecule has 2 aromatic rings. The average Bonchev–Trinajstić information content (AvgIpc) is 3.41. The van der Waals surface area contributed by atoms with E-state index >= 15 is 0 Å². The molecule has 31 heavy (non-hydrogen) atoms. The van der Waals surface area contributed by atoms with Gasteiger partial charge in [0, 0.05) is 50.9 Å². The van der Waals surface area contributed by atoms with Crippen molar-refractivity contribution in [1.29, 1.82) is 0 Å². The molecular formula is C25H35N3O3. The standard InChI is InChI=1S/C25H35N3O3/c1-27-13-12-26-24(27)25(29)19-6-5-7-20(25)17-28(16-19)15-18-10-11-22(23(14-18)30-2)31-21-8-3-4-9-21/h10-14,19-21,29H,3-9,15-17H2,1-2H3/t19-,20+,25?. The molecule has 3 fully saturated rings. The highest BCUT2D eigenvalue weighted by Gasteiger charge is 2.53. The predicted octanol–water partition coefficient (Wildman–Crippen LogP) is 3.87. The number of aryl methyl sites for hydroxylation is 1. The highest BCUT2D eigenvalue weighted by molar-refractivity contribution is 5.43. The number of ether oxygens (including phenoxy) is 2. The lowest BCUT2D eigenvalue weighted by atomic mass is 9.65. The average molecular weight is 426 g/mol. The van der Waals surface area contributed by atoms with Gasteiger partial charge in [0.2, 0.25) is 0 Å². The SMILES string of the molecule is COc1cc(CN2C[C@H]3CCC[C@@H](C2)C3(O)c2nccn2C)ccc1OC1CCCC1. The van der Waals surface area contributed by atoms with Gasteiger partial charge in [0.1, 0.15) is 11.4 Å². The zero-order chi connectivity index (χ0) is 21.4. The van der Waals surface area contributed by atoms with Gasteiger partial charge in [-0.2, -0.15) is 0 Å². The zero-order valence-corrected chi connectivity index (χ0v) is 18.8. The second kappa shape index (κ2) is 8.47. The van der Waals surface area contributed by atoms with Gasteiger partial charge in [0.15, 0.2) is 11.5 Å². The van der Waals surface area contributed by atoms with Crippen LogP contribution in [0.2, 0.25) is 0 Å². The van der Waals surface area contributed by atoms with Gasteiger partial charge in [0.25, 0.3) is 0 Å². The van der Waals surface area contributed by atoms with Crippen LogP contribution in [0.3, 0.4) is 0 Å². The van der Waals surface area contributed by atoms with E-state index in [0.717, 1.165) is 62.6 Å². The number of imidazole rings is 1. The maximum absolute atomic E-state index is 11.8. The summed E-state index contributed by atoms with van der Waals surface area (Å²) in [5.41, 5.74) is 0.417. The van der Waals surface area contributed by atoms with E-state index in [9.17, 15) is 5.11 Å². The van der Waals surface area contributed by atoms with Crippen molar-refractivity contribution in [3.63, 3.8) is 0 Å². The van der Waals surface area contributed by atoms with E-state index in [1.807, 2.05) is 17.8 Å². The van der Waals surface area contributed by atoms with E-state index in [2.05, 4.69) is 28.1 Å². The molecule has 1 aromatic carbocycles. The normalized spacial score (nSPS) is 29.3. The van der Waals surface area contributed by atoms with Gasteiger partial charge in [-0.25, -0.2) is 4.98 Å². The predicted molar refractivity (Wildman–Crippen MR) is 119 cm³/mol. The number of benzene rings is 1. The molecule has 1 aliphatic heterocycles. The lowest BCUT2D eigenvalue weighted by Crippen LogP contribution is -2.58. The van der Waals surface area contributed by atoms with Crippen LogP contribution in [-0.2, 0) is 19.2 Å². The van der Waals surface area contributed by atoms with Crippen LogP contribution < -0.4 is 9.47 Å². The van der Waals surface area contributed by atoms with Gasteiger partial charge in [-0.3, -0.25) is 4.90 Å². The molecule has 1 aromatic heterocycles. The Kier molecular flexibility index (Phi) is 5.69. The summed E-state index contributed by atoms with van der Waals surface area (Å²) in [6.45, 7) is 2.65. The minimum atomic E-state index is -0.816. The number of hydrogen-bond acceptors (Lipinski definition) is 5. The Labute approximate surface area is 185 Å². The molecule has 1 saturated heterocycles. The van der Waals surface area contributed by atoms with Crippen LogP contribution >= 0.6 is 0 Å². The molecule has 6 nitrogen and oxygen atoms in total. The smallest absolute Gasteiger partial charge is 0.161 e. The van der Waals surface area contributed by atoms with Crippen LogP contribution in [-0.4, -0.2) is 45.9 Å².